The first-order valence-corrected chi connectivity index (χ1v) is 7.24. The average Bonchev–Trinajstić information content (AvgIpc) is 2.71. The van der Waals surface area contributed by atoms with Gasteiger partial charge in [0, 0.05) is 7.05 Å². The van der Waals surface area contributed by atoms with Crippen molar-refractivity contribution in [2.24, 2.45) is 7.05 Å². The monoisotopic (exact) mass is 270 g/mol. The summed E-state index contributed by atoms with van der Waals surface area (Å²) in [5, 5.41) is 4.12. The fraction of sp³-hybridized carbons (Fsp3) is 0.769. The fourth-order valence-corrected chi connectivity index (χ4v) is 2.55. The Hall–Kier alpha value is -0.580. The molecular weight excluding hydrogens is 248 g/mol. The van der Waals surface area contributed by atoms with Crippen molar-refractivity contribution in [2.75, 3.05) is 26.2 Å². The highest BCUT2D eigenvalue weighted by Crippen LogP contribution is 2.09. The molecule has 1 aliphatic heterocycles. The number of rotatable bonds is 6. The quantitative estimate of drug-likeness (QED) is 0.803. The summed E-state index contributed by atoms with van der Waals surface area (Å²) in [4.78, 5) is 6.83. The van der Waals surface area contributed by atoms with Crippen molar-refractivity contribution >= 4 is 11.6 Å². The van der Waals surface area contributed by atoms with Crippen LogP contribution in [-0.2, 0) is 13.6 Å². The summed E-state index contributed by atoms with van der Waals surface area (Å²) in [6.07, 6.45) is 7.07. The van der Waals surface area contributed by atoms with Crippen LogP contribution in [0, 0.1) is 0 Å². The highest BCUT2D eigenvalue weighted by atomic mass is 35.5. The van der Waals surface area contributed by atoms with Crippen LogP contribution >= 0.6 is 11.6 Å². The van der Waals surface area contributed by atoms with Crippen LogP contribution in [0.3, 0.4) is 0 Å². The van der Waals surface area contributed by atoms with Gasteiger partial charge in [0.05, 0.1) is 12.7 Å². The second-order valence-electron chi connectivity index (χ2n) is 4.99. The van der Waals surface area contributed by atoms with Crippen LogP contribution in [0.4, 0.5) is 0 Å². The third-order valence-corrected chi connectivity index (χ3v) is 3.94. The molecule has 0 radical (unpaired) electrons. The Morgan fingerprint density at radius 2 is 2.11 bits per heavy atom. The van der Waals surface area contributed by atoms with E-state index < -0.39 is 0 Å². The Bertz CT molecular complexity index is 358. The lowest BCUT2D eigenvalue weighted by molar-refractivity contribution is 0.225. The molecule has 1 fully saturated rings. The van der Waals surface area contributed by atoms with E-state index in [1.54, 1.807) is 6.20 Å². The van der Waals surface area contributed by atoms with Gasteiger partial charge in [0.2, 0.25) is 0 Å². The molecule has 1 aromatic rings. The highest BCUT2D eigenvalue weighted by molar-refractivity contribution is 6.29. The van der Waals surface area contributed by atoms with Crippen molar-refractivity contribution in [3.8, 4) is 0 Å². The molecule has 102 valence electrons. The number of halogens is 1. The van der Waals surface area contributed by atoms with Crippen LogP contribution in [-0.4, -0.2) is 40.6 Å². The molecular formula is C13H23ClN4. The molecule has 2 rings (SSSR count). The maximum absolute atomic E-state index is 5.94. The summed E-state index contributed by atoms with van der Waals surface area (Å²) in [6, 6.07) is 0. The Labute approximate surface area is 114 Å². The van der Waals surface area contributed by atoms with Gasteiger partial charge in [0.15, 0.2) is 0 Å². The summed E-state index contributed by atoms with van der Waals surface area (Å²) in [6.45, 7) is 5.63. The zero-order valence-electron chi connectivity index (χ0n) is 11.2. The molecule has 0 aromatic carbocycles. The van der Waals surface area contributed by atoms with Gasteiger partial charge in [-0.15, -0.1) is 0 Å². The third kappa shape index (κ3) is 3.97. The van der Waals surface area contributed by atoms with Gasteiger partial charge in [-0.3, -0.25) is 0 Å². The predicted octanol–water partition coefficient (Wildman–Crippen LogP) is 2.04. The molecule has 2 heterocycles. The molecule has 1 saturated heterocycles. The molecule has 1 N–H and O–H groups in total. The topological polar surface area (TPSA) is 33.1 Å². The van der Waals surface area contributed by atoms with E-state index in [1.165, 1.54) is 45.3 Å². The van der Waals surface area contributed by atoms with Gasteiger partial charge in [0.1, 0.15) is 11.0 Å². The lowest BCUT2D eigenvalue weighted by Crippen LogP contribution is -2.32. The van der Waals surface area contributed by atoms with Gasteiger partial charge in [0.25, 0.3) is 0 Å². The minimum absolute atomic E-state index is 0.695. The van der Waals surface area contributed by atoms with E-state index in [4.69, 9.17) is 11.6 Å². The molecule has 5 heteroatoms. The van der Waals surface area contributed by atoms with E-state index in [1.807, 2.05) is 11.6 Å². The first kappa shape index (κ1) is 13.8. The molecule has 1 aromatic heterocycles. The van der Waals surface area contributed by atoms with Gasteiger partial charge in [-0.25, -0.2) is 4.98 Å². The first-order valence-electron chi connectivity index (χ1n) is 6.86. The van der Waals surface area contributed by atoms with Crippen molar-refractivity contribution in [3.63, 3.8) is 0 Å². The van der Waals surface area contributed by atoms with E-state index in [-0.39, 0.29) is 0 Å². The van der Waals surface area contributed by atoms with Crippen molar-refractivity contribution in [2.45, 2.75) is 32.2 Å². The predicted molar refractivity (Wildman–Crippen MR) is 74.8 cm³/mol. The summed E-state index contributed by atoms with van der Waals surface area (Å²) in [7, 11) is 1.94. The second kappa shape index (κ2) is 7.12. The lowest BCUT2D eigenvalue weighted by Gasteiger charge is -2.26. The van der Waals surface area contributed by atoms with Crippen LogP contribution in [0.5, 0.6) is 0 Å². The number of nitrogens with one attached hydrogen (secondary N) is 1. The van der Waals surface area contributed by atoms with E-state index in [2.05, 4.69) is 15.2 Å². The van der Waals surface area contributed by atoms with Crippen molar-refractivity contribution in [1.82, 2.24) is 19.8 Å². The Kier molecular flexibility index (Phi) is 5.47. The van der Waals surface area contributed by atoms with Crippen molar-refractivity contribution < 1.29 is 0 Å². The van der Waals surface area contributed by atoms with Gasteiger partial charge in [-0.1, -0.05) is 18.0 Å². The molecule has 0 bridgehead atoms. The van der Waals surface area contributed by atoms with Gasteiger partial charge in [-0.05, 0) is 45.4 Å². The lowest BCUT2D eigenvalue weighted by atomic mass is 10.1. The number of nitrogens with zero attached hydrogens (tertiary/aromatic N) is 3. The van der Waals surface area contributed by atoms with E-state index in [0.29, 0.717) is 5.15 Å². The number of aromatic nitrogens is 2. The number of hydrogen-bond donors (Lipinski definition) is 1. The van der Waals surface area contributed by atoms with Crippen LogP contribution in [0.15, 0.2) is 6.20 Å². The van der Waals surface area contributed by atoms with Crippen LogP contribution in [0.25, 0.3) is 0 Å². The second-order valence-corrected chi connectivity index (χ2v) is 5.38. The molecule has 0 spiro atoms. The largest absolute Gasteiger partial charge is 0.321 e. The molecule has 1 aliphatic rings. The number of imidazole rings is 1. The summed E-state index contributed by atoms with van der Waals surface area (Å²) in [5.74, 6) is 0.998. The Morgan fingerprint density at radius 1 is 1.33 bits per heavy atom. The minimum Gasteiger partial charge on any atom is -0.321 e. The molecule has 0 amide bonds. The molecule has 4 nitrogen and oxygen atoms in total. The van der Waals surface area contributed by atoms with Crippen LogP contribution in [0.2, 0.25) is 5.15 Å². The summed E-state index contributed by atoms with van der Waals surface area (Å²) < 4.78 is 1.92. The Morgan fingerprint density at radius 3 is 2.78 bits per heavy atom. The van der Waals surface area contributed by atoms with Crippen molar-refractivity contribution in [3.05, 3.63) is 17.2 Å². The summed E-state index contributed by atoms with van der Waals surface area (Å²) in [5.41, 5.74) is 0. The van der Waals surface area contributed by atoms with Gasteiger partial charge in [-0.2, -0.15) is 0 Å². The number of hydrogen-bond acceptors (Lipinski definition) is 3. The molecule has 0 aliphatic carbocycles. The summed E-state index contributed by atoms with van der Waals surface area (Å²) >= 11 is 5.94. The Balaban J connectivity index is 1.57. The zero-order valence-corrected chi connectivity index (χ0v) is 11.9. The van der Waals surface area contributed by atoms with E-state index >= 15 is 0 Å². The van der Waals surface area contributed by atoms with Crippen LogP contribution in [0.1, 0.15) is 31.5 Å². The maximum atomic E-state index is 5.94. The molecule has 0 saturated carbocycles. The SMILES string of the molecule is Cn1c(Cl)cnc1CNCCCN1CCCCC1. The molecule has 18 heavy (non-hydrogen) atoms. The van der Waals surface area contributed by atoms with E-state index in [9.17, 15) is 0 Å². The molecule has 0 atom stereocenters. The van der Waals surface area contributed by atoms with Crippen LogP contribution < -0.4 is 5.32 Å². The number of likely N-dealkylation sites (tertiary alicyclic amines) is 1. The van der Waals surface area contributed by atoms with Crippen molar-refractivity contribution in [1.29, 1.82) is 0 Å². The fourth-order valence-electron chi connectivity index (χ4n) is 2.40. The minimum atomic E-state index is 0.695. The molecule has 0 unspecified atom stereocenters. The number of piperidine rings is 1. The first-order chi connectivity index (χ1) is 8.77. The standard InChI is InChI=1S/C13H23ClN4/c1-17-12(14)10-16-13(17)11-15-6-5-9-18-7-3-2-4-8-18/h10,15H,2-9,11H2,1H3. The highest BCUT2D eigenvalue weighted by Gasteiger charge is 2.09. The normalized spacial score (nSPS) is 17.2. The van der Waals surface area contributed by atoms with Gasteiger partial charge < -0.3 is 14.8 Å². The van der Waals surface area contributed by atoms with E-state index in [0.717, 1.165) is 18.9 Å². The third-order valence-electron chi connectivity index (χ3n) is 3.59. The zero-order chi connectivity index (χ0) is 12.8. The average molecular weight is 271 g/mol. The van der Waals surface area contributed by atoms with Gasteiger partial charge >= 0.3 is 0 Å². The maximum Gasteiger partial charge on any atom is 0.128 e. The smallest absolute Gasteiger partial charge is 0.128 e.